The van der Waals surface area contributed by atoms with E-state index in [1.807, 2.05) is 6.07 Å². The Bertz CT molecular complexity index is 1100. The number of benzene rings is 3. The second-order valence-electron chi connectivity index (χ2n) is 6.30. The quantitative estimate of drug-likeness (QED) is 0.581. The zero-order valence-corrected chi connectivity index (χ0v) is 15.3. The summed E-state index contributed by atoms with van der Waals surface area (Å²) in [4.78, 5) is 23.9. The molecule has 4 rings (SSSR count). The summed E-state index contributed by atoms with van der Waals surface area (Å²) in [5.74, 6) is -0.707. The summed E-state index contributed by atoms with van der Waals surface area (Å²) in [6.07, 6.45) is 0. The van der Waals surface area contributed by atoms with Crippen molar-refractivity contribution in [2.75, 3.05) is 10.6 Å². The van der Waals surface area contributed by atoms with E-state index in [9.17, 15) is 14.0 Å². The van der Waals surface area contributed by atoms with E-state index in [0.29, 0.717) is 28.4 Å². The molecular weight excluding hydrogens is 381 g/mol. The van der Waals surface area contributed by atoms with Gasteiger partial charge in [0, 0.05) is 22.8 Å². The topological polar surface area (TPSA) is 70.2 Å². The van der Waals surface area contributed by atoms with Crippen molar-refractivity contribution in [3.8, 4) is 11.1 Å². The van der Waals surface area contributed by atoms with Crippen molar-refractivity contribution in [1.29, 1.82) is 0 Å². The molecule has 0 atom stereocenters. The molecule has 28 heavy (non-hydrogen) atoms. The molecule has 3 N–H and O–H groups in total. The molecule has 3 aromatic carbocycles. The first-order valence-corrected chi connectivity index (χ1v) is 8.92. The smallest absolute Gasteiger partial charge is 0.323 e. The first kappa shape index (κ1) is 18.0. The molecular formula is C21H15ClFN3O2. The molecule has 3 amide bonds. The van der Waals surface area contributed by atoms with Gasteiger partial charge in [-0.2, -0.15) is 0 Å². The lowest BCUT2D eigenvalue weighted by atomic mass is 9.96. The highest BCUT2D eigenvalue weighted by atomic mass is 35.5. The van der Waals surface area contributed by atoms with Gasteiger partial charge >= 0.3 is 6.03 Å². The Morgan fingerprint density at radius 2 is 1.79 bits per heavy atom. The van der Waals surface area contributed by atoms with Gasteiger partial charge in [0.1, 0.15) is 5.82 Å². The average molecular weight is 396 g/mol. The van der Waals surface area contributed by atoms with Crippen molar-refractivity contribution >= 4 is 34.9 Å². The first-order chi connectivity index (χ1) is 13.5. The highest BCUT2D eigenvalue weighted by Gasteiger charge is 2.22. The van der Waals surface area contributed by atoms with E-state index in [2.05, 4.69) is 16.0 Å². The normalized spacial score (nSPS) is 12.3. The number of urea groups is 1. The lowest BCUT2D eigenvalue weighted by Crippen LogP contribution is -2.20. The summed E-state index contributed by atoms with van der Waals surface area (Å²) in [6, 6.07) is 16.0. The van der Waals surface area contributed by atoms with Crippen molar-refractivity contribution in [1.82, 2.24) is 5.32 Å². The Labute approximate surface area is 165 Å². The highest BCUT2D eigenvalue weighted by molar-refractivity contribution is 6.30. The van der Waals surface area contributed by atoms with E-state index in [1.165, 1.54) is 12.1 Å². The van der Waals surface area contributed by atoms with Crippen LogP contribution in [-0.4, -0.2) is 11.9 Å². The molecule has 0 bridgehead atoms. The van der Waals surface area contributed by atoms with Crippen LogP contribution in [0.15, 0.2) is 60.7 Å². The number of halogens is 2. The Hall–Kier alpha value is -3.38. The molecule has 0 unspecified atom stereocenters. The van der Waals surface area contributed by atoms with Gasteiger partial charge in [-0.1, -0.05) is 35.9 Å². The lowest BCUT2D eigenvalue weighted by molar-refractivity contribution is 0.0965. The van der Waals surface area contributed by atoms with Gasteiger partial charge in [0.25, 0.3) is 5.91 Å². The Kier molecular flexibility index (Phi) is 4.71. The van der Waals surface area contributed by atoms with Gasteiger partial charge < -0.3 is 16.0 Å². The van der Waals surface area contributed by atoms with Crippen LogP contribution in [0.4, 0.5) is 20.6 Å². The summed E-state index contributed by atoms with van der Waals surface area (Å²) < 4.78 is 14.6. The number of nitrogens with one attached hydrogen (secondary N) is 3. The van der Waals surface area contributed by atoms with Crippen LogP contribution >= 0.6 is 11.6 Å². The fraction of sp³-hybridized carbons (Fsp3) is 0.0476. The predicted octanol–water partition coefficient (Wildman–Crippen LogP) is 5.03. The van der Waals surface area contributed by atoms with Gasteiger partial charge in [-0.3, -0.25) is 4.79 Å². The van der Waals surface area contributed by atoms with Gasteiger partial charge in [0.2, 0.25) is 0 Å². The summed E-state index contributed by atoms with van der Waals surface area (Å²) in [5, 5.41) is 8.33. The number of fused-ring (bicyclic) bond motifs is 1. The van der Waals surface area contributed by atoms with E-state index in [1.54, 1.807) is 42.5 Å². The molecule has 5 nitrogen and oxygen atoms in total. The number of rotatable bonds is 3. The molecule has 0 saturated carbocycles. The molecule has 1 aliphatic heterocycles. The van der Waals surface area contributed by atoms with Gasteiger partial charge in [-0.05, 0) is 53.1 Å². The third kappa shape index (κ3) is 3.54. The SMILES string of the molecule is O=C(Nc1cccc(Cl)c1)Nc1ccc(-c2cccc3c2CNC3=O)cc1F. The first-order valence-electron chi connectivity index (χ1n) is 8.55. The molecule has 3 aromatic rings. The van der Waals surface area contributed by atoms with Crippen LogP contribution in [0.25, 0.3) is 11.1 Å². The highest BCUT2D eigenvalue weighted by Crippen LogP contribution is 2.31. The molecule has 0 aliphatic carbocycles. The maximum atomic E-state index is 14.6. The van der Waals surface area contributed by atoms with Crippen LogP contribution in [0.3, 0.4) is 0 Å². The van der Waals surface area contributed by atoms with E-state index < -0.39 is 11.8 Å². The lowest BCUT2D eigenvalue weighted by Gasteiger charge is -2.11. The van der Waals surface area contributed by atoms with Crippen molar-refractivity contribution < 1.29 is 14.0 Å². The monoisotopic (exact) mass is 395 g/mol. The van der Waals surface area contributed by atoms with E-state index >= 15 is 0 Å². The van der Waals surface area contributed by atoms with Crippen LogP contribution in [0, 0.1) is 5.82 Å². The number of amides is 3. The van der Waals surface area contributed by atoms with E-state index in [-0.39, 0.29) is 11.6 Å². The summed E-state index contributed by atoms with van der Waals surface area (Å²) in [5.41, 5.74) is 3.40. The molecule has 140 valence electrons. The standard InChI is InChI=1S/C21H15ClFN3O2/c22-13-3-1-4-14(10-13)25-21(28)26-19-8-7-12(9-18(19)23)15-5-2-6-16-17(15)11-24-20(16)27/h1-10H,11H2,(H,24,27)(H2,25,26,28). The maximum absolute atomic E-state index is 14.6. The average Bonchev–Trinajstić information content (AvgIpc) is 3.05. The van der Waals surface area contributed by atoms with Gasteiger partial charge in [0.15, 0.2) is 0 Å². The number of carbonyl (C=O) groups excluding carboxylic acids is 2. The van der Waals surface area contributed by atoms with Gasteiger partial charge in [-0.25, -0.2) is 9.18 Å². The van der Waals surface area contributed by atoms with Crippen molar-refractivity contribution in [3.05, 3.63) is 82.6 Å². The zero-order valence-electron chi connectivity index (χ0n) is 14.6. The third-order valence-corrected chi connectivity index (χ3v) is 4.69. The largest absolute Gasteiger partial charge is 0.348 e. The van der Waals surface area contributed by atoms with Crippen molar-refractivity contribution in [2.24, 2.45) is 0 Å². The van der Waals surface area contributed by atoms with E-state index in [0.717, 1.165) is 11.1 Å². The minimum absolute atomic E-state index is 0.0463. The number of carbonyl (C=O) groups is 2. The van der Waals surface area contributed by atoms with Crippen LogP contribution in [0.5, 0.6) is 0 Å². The Balaban J connectivity index is 1.54. The maximum Gasteiger partial charge on any atom is 0.323 e. The Morgan fingerprint density at radius 1 is 1.00 bits per heavy atom. The molecule has 1 aliphatic rings. The number of anilines is 2. The second-order valence-corrected chi connectivity index (χ2v) is 6.73. The van der Waals surface area contributed by atoms with E-state index in [4.69, 9.17) is 11.6 Å². The van der Waals surface area contributed by atoms with Crippen LogP contribution in [-0.2, 0) is 6.54 Å². The minimum atomic E-state index is -0.579. The number of hydrogen-bond acceptors (Lipinski definition) is 2. The van der Waals surface area contributed by atoms with Crippen molar-refractivity contribution in [2.45, 2.75) is 6.54 Å². The predicted molar refractivity (Wildman–Crippen MR) is 107 cm³/mol. The zero-order chi connectivity index (χ0) is 19.7. The molecule has 7 heteroatoms. The molecule has 0 saturated heterocycles. The van der Waals surface area contributed by atoms with Crippen molar-refractivity contribution in [3.63, 3.8) is 0 Å². The second kappa shape index (κ2) is 7.32. The van der Waals surface area contributed by atoms with Crippen LogP contribution in [0.2, 0.25) is 5.02 Å². The fourth-order valence-corrected chi connectivity index (χ4v) is 3.35. The van der Waals surface area contributed by atoms with Crippen LogP contribution < -0.4 is 16.0 Å². The summed E-state index contributed by atoms with van der Waals surface area (Å²) in [6.45, 7) is 0.411. The molecule has 0 spiro atoms. The minimum Gasteiger partial charge on any atom is -0.348 e. The fourth-order valence-electron chi connectivity index (χ4n) is 3.16. The molecule has 0 fully saturated rings. The molecule has 0 radical (unpaired) electrons. The molecule has 0 aromatic heterocycles. The molecule has 1 heterocycles. The summed E-state index contributed by atoms with van der Waals surface area (Å²) >= 11 is 5.88. The third-order valence-electron chi connectivity index (χ3n) is 4.46. The van der Waals surface area contributed by atoms with Gasteiger partial charge in [-0.15, -0.1) is 0 Å². The van der Waals surface area contributed by atoms with Gasteiger partial charge in [0.05, 0.1) is 5.69 Å². The number of hydrogen-bond donors (Lipinski definition) is 3. The Morgan fingerprint density at radius 3 is 2.57 bits per heavy atom. The van der Waals surface area contributed by atoms with Crippen LogP contribution in [0.1, 0.15) is 15.9 Å². The summed E-state index contributed by atoms with van der Waals surface area (Å²) in [7, 11) is 0.